The molecular weight excluding hydrogens is 472 g/mol. The van der Waals surface area contributed by atoms with Crippen molar-refractivity contribution < 1.29 is 24.9 Å². The number of carbonyl (C=O) groups excluding carboxylic acids is 1. The van der Waals surface area contributed by atoms with E-state index in [1.54, 1.807) is 6.92 Å². The first-order chi connectivity index (χ1) is 17.6. The minimum atomic E-state index is -1.28. The van der Waals surface area contributed by atoms with Gasteiger partial charge < -0.3 is 34.8 Å². The molecule has 1 unspecified atom stereocenters. The SMILES string of the molecule is C[C@H]1C(O)O[C@H](CNC(=O)/C(C#N)=C/c2ccc(-c3ccc4cc(N(C)C)ccc4c3)n2C)[C@@H](O)[C@@H]1O. The van der Waals surface area contributed by atoms with Gasteiger partial charge in [0.05, 0.1) is 6.10 Å². The first kappa shape index (κ1) is 26.4. The summed E-state index contributed by atoms with van der Waals surface area (Å²) in [5, 5.41) is 44.5. The van der Waals surface area contributed by atoms with E-state index in [9.17, 15) is 25.4 Å². The Morgan fingerprint density at radius 2 is 1.81 bits per heavy atom. The second-order valence-electron chi connectivity index (χ2n) is 9.63. The molecule has 2 heterocycles. The van der Waals surface area contributed by atoms with Gasteiger partial charge in [0.15, 0.2) is 6.29 Å². The second kappa shape index (κ2) is 10.7. The van der Waals surface area contributed by atoms with Gasteiger partial charge in [0.2, 0.25) is 0 Å². The number of hydrogen-bond donors (Lipinski definition) is 4. The van der Waals surface area contributed by atoms with E-state index in [0.29, 0.717) is 5.69 Å². The van der Waals surface area contributed by atoms with Crippen LogP contribution in [0.1, 0.15) is 12.6 Å². The number of benzene rings is 2. The number of aromatic nitrogens is 1. The lowest BCUT2D eigenvalue weighted by Crippen LogP contribution is -2.56. The van der Waals surface area contributed by atoms with Crippen molar-refractivity contribution in [3.63, 3.8) is 0 Å². The zero-order valence-corrected chi connectivity index (χ0v) is 21.3. The van der Waals surface area contributed by atoms with Crippen molar-refractivity contribution in [2.24, 2.45) is 13.0 Å². The summed E-state index contributed by atoms with van der Waals surface area (Å²) in [5.41, 5.74) is 3.60. The van der Waals surface area contributed by atoms with Crippen LogP contribution in [0, 0.1) is 17.2 Å². The molecule has 194 valence electrons. The van der Waals surface area contributed by atoms with E-state index in [0.717, 1.165) is 27.7 Å². The molecule has 1 saturated heterocycles. The van der Waals surface area contributed by atoms with Gasteiger partial charge in [0.25, 0.3) is 5.91 Å². The number of amides is 1. The topological polar surface area (TPSA) is 131 Å². The van der Waals surface area contributed by atoms with Gasteiger partial charge in [0, 0.05) is 50.7 Å². The molecule has 1 amide bonds. The van der Waals surface area contributed by atoms with Crippen LogP contribution in [0.2, 0.25) is 0 Å². The van der Waals surface area contributed by atoms with Crippen molar-refractivity contribution in [1.82, 2.24) is 9.88 Å². The van der Waals surface area contributed by atoms with E-state index in [1.165, 1.54) is 6.08 Å². The van der Waals surface area contributed by atoms with Gasteiger partial charge in [-0.15, -0.1) is 0 Å². The molecule has 0 radical (unpaired) electrons. The van der Waals surface area contributed by atoms with Gasteiger partial charge in [0.1, 0.15) is 23.9 Å². The van der Waals surface area contributed by atoms with E-state index in [-0.39, 0.29) is 12.1 Å². The molecule has 1 aliphatic heterocycles. The standard InChI is InChI=1S/C28H32N4O5/c1-16-25(33)26(34)24(37-28(16)36)15-30-27(35)20(14-29)13-22-9-10-23(32(22)4)19-6-5-18-12-21(31(2)3)8-7-17(18)11-19/h5-13,16,24-26,28,33-34,36H,15H2,1-4H3,(H,30,35)/b20-13+/t16-,24-,25-,26-,28?/m1/s1. The molecular formula is C28H32N4O5. The summed E-state index contributed by atoms with van der Waals surface area (Å²) in [6, 6.07) is 18.2. The molecule has 1 fully saturated rings. The monoisotopic (exact) mass is 504 g/mol. The molecule has 5 atom stereocenters. The van der Waals surface area contributed by atoms with E-state index < -0.39 is 36.4 Å². The Morgan fingerprint density at radius 1 is 1.11 bits per heavy atom. The number of hydrogen-bond acceptors (Lipinski definition) is 7. The van der Waals surface area contributed by atoms with Crippen molar-refractivity contribution in [1.29, 1.82) is 5.26 Å². The van der Waals surface area contributed by atoms with Crippen LogP contribution in [0.3, 0.4) is 0 Å². The quantitative estimate of drug-likeness (QED) is 0.298. The zero-order valence-electron chi connectivity index (χ0n) is 21.3. The summed E-state index contributed by atoms with van der Waals surface area (Å²) < 4.78 is 7.21. The van der Waals surface area contributed by atoms with Crippen LogP contribution in [0.4, 0.5) is 5.69 Å². The fourth-order valence-electron chi connectivity index (χ4n) is 4.47. The molecule has 37 heavy (non-hydrogen) atoms. The molecule has 9 heteroatoms. The van der Waals surface area contributed by atoms with Gasteiger partial charge in [-0.25, -0.2) is 0 Å². The van der Waals surface area contributed by atoms with E-state index >= 15 is 0 Å². The summed E-state index contributed by atoms with van der Waals surface area (Å²) in [7, 11) is 5.88. The normalized spacial score (nSPS) is 24.1. The number of aliphatic hydroxyl groups excluding tert-OH is 3. The first-order valence-electron chi connectivity index (χ1n) is 12.1. The number of ether oxygens (including phenoxy) is 1. The minimum Gasteiger partial charge on any atom is -0.390 e. The summed E-state index contributed by atoms with van der Waals surface area (Å²) in [5.74, 6) is -1.31. The predicted molar refractivity (Wildman–Crippen MR) is 141 cm³/mol. The fourth-order valence-corrected chi connectivity index (χ4v) is 4.47. The Labute approximate surface area is 215 Å². The van der Waals surface area contributed by atoms with Crippen molar-refractivity contribution in [3.8, 4) is 17.3 Å². The Balaban J connectivity index is 1.50. The number of fused-ring (bicyclic) bond motifs is 1. The first-order valence-corrected chi connectivity index (χ1v) is 12.1. The van der Waals surface area contributed by atoms with Crippen LogP contribution < -0.4 is 10.2 Å². The largest absolute Gasteiger partial charge is 0.390 e. The Kier molecular flexibility index (Phi) is 7.66. The minimum absolute atomic E-state index is 0.123. The number of nitrogens with one attached hydrogen (secondary N) is 1. The molecule has 1 aliphatic rings. The predicted octanol–water partition coefficient (Wildman–Crippen LogP) is 2.01. The molecule has 4 N–H and O–H groups in total. The summed E-state index contributed by atoms with van der Waals surface area (Å²) in [6.45, 7) is 1.38. The Morgan fingerprint density at radius 3 is 2.51 bits per heavy atom. The number of anilines is 1. The van der Waals surface area contributed by atoms with Crippen LogP contribution in [0.25, 0.3) is 28.1 Å². The highest BCUT2D eigenvalue weighted by Crippen LogP contribution is 2.29. The highest BCUT2D eigenvalue weighted by Gasteiger charge is 2.41. The van der Waals surface area contributed by atoms with E-state index in [4.69, 9.17) is 4.74 Å². The summed E-state index contributed by atoms with van der Waals surface area (Å²) >= 11 is 0. The van der Waals surface area contributed by atoms with Crippen molar-refractivity contribution in [3.05, 3.63) is 59.8 Å². The number of rotatable bonds is 6. The number of carbonyl (C=O) groups is 1. The Hall–Kier alpha value is -3.68. The van der Waals surface area contributed by atoms with Gasteiger partial charge >= 0.3 is 0 Å². The average Bonchev–Trinajstić information content (AvgIpc) is 3.25. The van der Waals surface area contributed by atoms with Crippen LogP contribution in [-0.2, 0) is 16.6 Å². The van der Waals surface area contributed by atoms with Crippen LogP contribution in [-0.4, -0.2) is 71.0 Å². The third-order valence-corrected chi connectivity index (χ3v) is 6.95. The molecule has 4 rings (SSSR count). The third-order valence-electron chi connectivity index (χ3n) is 6.95. The van der Waals surface area contributed by atoms with Crippen molar-refractivity contribution in [2.45, 2.75) is 31.5 Å². The Bertz CT molecular complexity index is 1370. The summed E-state index contributed by atoms with van der Waals surface area (Å²) in [4.78, 5) is 14.7. The lowest BCUT2D eigenvalue weighted by Gasteiger charge is -2.39. The van der Waals surface area contributed by atoms with Crippen molar-refractivity contribution >= 4 is 28.4 Å². The third kappa shape index (κ3) is 5.38. The molecule has 3 aromatic rings. The molecule has 9 nitrogen and oxygen atoms in total. The number of aliphatic hydroxyl groups is 3. The van der Waals surface area contributed by atoms with Crippen LogP contribution in [0.15, 0.2) is 54.1 Å². The smallest absolute Gasteiger partial charge is 0.262 e. The number of nitrogens with zero attached hydrogens (tertiary/aromatic N) is 3. The second-order valence-corrected chi connectivity index (χ2v) is 9.63. The molecule has 2 aromatic carbocycles. The van der Waals surface area contributed by atoms with Gasteiger partial charge in [-0.1, -0.05) is 25.1 Å². The van der Waals surface area contributed by atoms with Gasteiger partial charge in [-0.05, 0) is 52.7 Å². The maximum atomic E-state index is 12.7. The molecule has 0 spiro atoms. The summed E-state index contributed by atoms with van der Waals surface area (Å²) in [6.07, 6.45) is -3.25. The van der Waals surface area contributed by atoms with Gasteiger partial charge in [-0.3, -0.25) is 4.79 Å². The van der Waals surface area contributed by atoms with Crippen molar-refractivity contribution in [2.75, 3.05) is 25.5 Å². The molecule has 0 bridgehead atoms. The van der Waals surface area contributed by atoms with E-state index in [1.807, 2.05) is 50.0 Å². The van der Waals surface area contributed by atoms with Gasteiger partial charge in [-0.2, -0.15) is 5.26 Å². The number of nitriles is 1. The highest BCUT2D eigenvalue weighted by molar-refractivity contribution is 6.01. The van der Waals surface area contributed by atoms with E-state index in [2.05, 4.69) is 40.5 Å². The van der Waals surface area contributed by atoms with Crippen LogP contribution >= 0.6 is 0 Å². The maximum Gasteiger partial charge on any atom is 0.262 e. The highest BCUT2D eigenvalue weighted by atomic mass is 16.6. The lowest BCUT2D eigenvalue weighted by atomic mass is 9.92. The average molecular weight is 505 g/mol. The fraction of sp³-hybridized carbons (Fsp3) is 0.357. The lowest BCUT2D eigenvalue weighted by molar-refractivity contribution is -0.258. The molecule has 1 aromatic heterocycles. The molecule has 0 aliphatic carbocycles. The molecule has 0 saturated carbocycles. The zero-order chi connectivity index (χ0) is 26.9. The van der Waals surface area contributed by atoms with Crippen LogP contribution in [0.5, 0.6) is 0 Å². The maximum absolute atomic E-state index is 12.7.